The molecule has 140 valence electrons. The number of amides is 1. The van der Waals surface area contributed by atoms with E-state index in [9.17, 15) is 9.90 Å². The average molecular weight is 360 g/mol. The molecule has 2 unspecified atom stereocenters. The molecule has 0 radical (unpaired) electrons. The fourth-order valence-corrected chi connectivity index (χ4v) is 4.16. The molecule has 3 heterocycles. The van der Waals surface area contributed by atoms with Crippen LogP contribution in [0.2, 0.25) is 0 Å². The van der Waals surface area contributed by atoms with Gasteiger partial charge >= 0.3 is 12.1 Å². The highest BCUT2D eigenvalue weighted by atomic mass is 16.5. The van der Waals surface area contributed by atoms with Gasteiger partial charge in [0.1, 0.15) is 5.82 Å². The molecule has 0 aromatic carbocycles. The van der Waals surface area contributed by atoms with E-state index in [-0.39, 0.29) is 12.0 Å². The summed E-state index contributed by atoms with van der Waals surface area (Å²) in [5.41, 5.74) is 0.944. The van der Waals surface area contributed by atoms with Gasteiger partial charge in [0, 0.05) is 25.2 Å². The molecule has 2 aromatic heterocycles. The van der Waals surface area contributed by atoms with Crippen molar-refractivity contribution < 1.29 is 14.6 Å². The van der Waals surface area contributed by atoms with Gasteiger partial charge in [0.2, 0.25) is 0 Å². The van der Waals surface area contributed by atoms with Crippen molar-refractivity contribution >= 4 is 17.7 Å². The van der Waals surface area contributed by atoms with Crippen LogP contribution in [0.1, 0.15) is 38.3 Å². The van der Waals surface area contributed by atoms with E-state index in [0.717, 1.165) is 30.9 Å². The van der Waals surface area contributed by atoms with Crippen molar-refractivity contribution in [3.8, 4) is 6.01 Å². The van der Waals surface area contributed by atoms with Crippen LogP contribution in [0.4, 0.5) is 10.6 Å². The quantitative estimate of drug-likeness (QED) is 0.841. The third kappa shape index (κ3) is 2.81. The molecule has 2 N–H and O–H groups in total. The monoisotopic (exact) mass is 360 g/mol. The summed E-state index contributed by atoms with van der Waals surface area (Å²) < 4.78 is 6.80. The van der Waals surface area contributed by atoms with Crippen LogP contribution in [-0.4, -0.2) is 61.9 Å². The predicted molar refractivity (Wildman–Crippen MR) is 94.6 cm³/mol. The number of nitrogens with zero attached hydrogens (tertiary/aromatic N) is 5. The standard InChI is InChI=1S/C17H24N6O3/c1-9(2)13-6-14(23-15(19-13)20-16(21-23)26-3)18-7-10-4-12-5-11(10)8-22(12)17(24)25/h6,9-12,18H,4-5,7-8H2,1-3H3,(H,24,25)/t10-,11?,12?/m0/s1. The topological polar surface area (TPSA) is 105 Å². The molecule has 1 saturated heterocycles. The van der Waals surface area contributed by atoms with Crippen LogP contribution >= 0.6 is 0 Å². The molecule has 1 aliphatic heterocycles. The van der Waals surface area contributed by atoms with Crippen LogP contribution in [0.5, 0.6) is 6.01 Å². The normalized spacial score (nSPS) is 24.6. The third-order valence-corrected chi connectivity index (χ3v) is 5.57. The number of carbonyl (C=O) groups is 1. The van der Waals surface area contributed by atoms with Crippen molar-refractivity contribution in [2.24, 2.45) is 11.8 Å². The number of hydrogen-bond donors (Lipinski definition) is 2. The van der Waals surface area contributed by atoms with Crippen LogP contribution < -0.4 is 10.1 Å². The van der Waals surface area contributed by atoms with Crippen molar-refractivity contribution in [1.82, 2.24) is 24.5 Å². The predicted octanol–water partition coefficient (Wildman–Crippen LogP) is 2.06. The van der Waals surface area contributed by atoms with Crippen molar-refractivity contribution in [3.63, 3.8) is 0 Å². The zero-order valence-corrected chi connectivity index (χ0v) is 15.2. The maximum absolute atomic E-state index is 11.2. The summed E-state index contributed by atoms with van der Waals surface area (Å²) in [5, 5.41) is 17.1. The van der Waals surface area contributed by atoms with Crippen LogP contribution in [0.15, 0.2) is 6.07 Å². The number of fused-ring (bicyclic) bond motifs is 3. The summed E-state index contributed by atoms with van der Waals surface area (Å²) in [6.45, 7) is 5.61. The summed E-state index contributed by atoms with van der Waals surface area (Å²) >= 11 is 0. The van der Waals surface area contributed by atoms with Gasteiger partial charge in [0.25, 0.3) is 5.78 Å². The highest BCUT2D eigenvalue weighted by Crippen LogP contribution is 2.42. The number of nitrogens with one attached hydrogen (secondary N) is 1. The van der Waals surface area contributed by atoms with E-state index < -0.39 is 6.09 Å². The molecule has 2 aromatic rings. The number of aromatic nitrogens is 4. The lowest BCUT2D eigenvalue weighted by molar-refractivity contribution is 0.121. The van der Waals surface area contributed by atoms with Gasteiger partial charge in [0.15, 0.2) is 0 Å². The lowest BCUT2D eigenvalue weighted by Crippen LogP contribution is -2.40. The van der Waals surface area contributed by atoms with Crippen LogP contribution in [-0.2, 0) is 0 Å². The second-order valence-electron chi connectivity index (χ2n) is 7.49. The van der Waals surface area contributed by atoms with Crippen molar-refractivity contribution in [3.05, 3.63) is 11.8 Å². The van der Waals surface area contributed by atoms with Crippen LogP contribution in [0, 0.1) is 11.8 Å². The number of hydrogen-bond acceptors (Lipinski definition) is 6. The smallest absolute Gasteiger partial charge is 0.407 e. The first-order chi connectivity index (χ1) is 12.5. The van der Waals surface area contributed by atoms with E-state index >= 15 is 0 Å². The first-order valence-electron chi connectivity index (χ1n) is 9.01. The zero-order chi connectivity index (χ0) is 18.4. The molecular formula is C17H24N6O3. The van der Waals surface area contributed by atoms with Gasteiger partial charge in [0.05, 0.1) is 12.8 Å². The Labute approximate surface area is 151 Å². The minimum Gasteiger partial charge on any atom is -0.466 e. The Bertz CT molecular complexity index is 835. The van der Waals surface area contributed by atoms with E-state index in [4.69, 9.17) is 4.74 Å². The van der Waals surface area contributed by atoms with E-state index in [1.807, 2.05) is 6.07 Å². The molecule has 1 saturated carbocycles. The molecular weight excluding hydrogens is 336 g/mol. The Kier molecular flexibility index (Phi) is 4.08. The van der Waals surface area contributed by atoms with Gasteiger partial charge in [-0.15, -0.1) is 5.10 Å². The first kappa shape index (κ1) is 16.9. The summed E-state index contributed by atoms with van der Waals surface area (Å²) in [6.07, 6.45) is 1.09. The largest absolute Gasteiger partial charge is 0.466 e. The molecule has 1 amide bonds. The van der Waals surface area contributed by atoms with Gasteiger partial charge < -0.3 is 20.1 Å². The molecule has 2 bridgehead atoms. The minimum absolute atomic E-state index is 0.166. The summed E-state index contributed by atoms with van der Waals surface area (Å²) in [5.74, 6) is 2.52. The molecule has 1 aliphatic carbocycles. The molecule has 26 heavy (non-hydrogen) atoms. The summed E-state index contributed by atoms with van der Waals surface area (Å²) in [7, 11) is 1.54. The first-order valence-corrected chi connectivity index (χ1v) is 9.01. The number of methoxy groups -OCH3 is 1. The minimum atomic E-state index is -0.795. The van der Waals surface area contributed by atoms with E-state index in [2.05, 4.69) is 34.2 Å². The third-order valence-electron chi connectivity index (χ3n) is 5.57. The SMILES string of the molecule is COc1nc2nc(C(C)C)cc(NC[C@@H]3CC4CC3CN4C(=O)O)n2n1. The Morgan fingerprint density at radius 1 is 1.42 bits per heavy atom. The zero-order valence-electron chi connectivity index (χ0n) is 15.2. The van der Waals surface area contributed by atoms with Gasteiger partial charge in [-0.1, -0.05) is 13.8 Å². The Morgan fingerprint density at radius 2 is 2.23 bits per heavy atom. The second-order valence-corrected chi connectivity index (χ2v) is 7.49. The molecule has 2 aliphatic rings. The number of rotatable bonds is 5. The van der Waals surface area contributed by atoms with E-state index in [0.29, 0.717) is 30.2 Å². The van der Waals surface area contributed by atoms with Crippen molar-refractivity contribution in [2.75, 3.05) is 25.5 Å². The van der Waals surface area contributed by atoms with Gasteiger partial charge in [-0.3, -0.25) is 0 Å². The van der Waals surface area contributed by atoms with Gasteiger partial charge in [-0.05, 0) is 30.6 Å². The van der Waals surface area contributed by atoms with Crippen molar-refractivity contribution in [2.45, 2.75) is 38.6 Å². The molecule has 9 nitrogen and oxygen atoms in total. The Balaban J connectivity index is 1.52. The fraction of sp³-hybridized carbons (Fsp3) is 0.647. The van der Waals surface area contributed by atoms with E-state index in [1.54, 1.807) is 9.42 Å². The highest BCUT2D eigenvalue weighted by Gasteiger charge is 2.46. The Hall–Kier alpha value is -2.58. The number of carboxylic acid groups (broad SMARTS) is 1. The molecule has 4 rings (SSSR count). The maximum Gasteiger partial charge on any atom is 0.407 e. The van der Waals surface area contributed by atoms with E-state index in [1.165, 1.54) is 7.11 Å². The summed E-state index contributed by atoms with van der Waals surface area (Å²) in [4.78, 5) is 21.7. The molecule has 0 spiro atoms. The van der Waals surface area contributed by atoms with Gasteiger partial charge in [-0.2, -0.15) is 9.50 Å². The van der Waals surface area contributed by atoms with Gasteiger partial charge in [-0.25, -0.2) is 9.78 Å². The number of ether oxygens (including phenoxy) is 1. The number of likely N-dealkylation sites (tertiary alicyclic amines) is 1. The Morgan fingerprint density at radius 3 is 2.85 bits per heavy atom. The second kappa shape index (κ2) is 6.30. The molecule has 9 heteroatoms. The summed E-state index contributed by atoms with van der Waals surface area (Å²) in [6, 6.07) is 2.46. The lowest BCUT2D eigenvalue weighted by atomic mass is 9.94. The van der Waals surface area contributed by atoms with Crippen LogP contribution in [0.3, 0.4) is 0 Å². The average Bonchev–Trinajstić information content (AvgIpc) is 3.31. The number of anilines is 1. The molecule has 3 atom stereocenters. The van der Waals surface area contributed by atoms with Crippen LogP contribution in [0.25, 0.3) is 5.78 Å². The van der Waals surface area contributed by atoms with Crippen molar-refractivity contribution in [1.29, 1.82) is 0 Å². The maximum atomic E-state index is 11.2. The lowest BCUT2D eigenvalue weighted by Gasteiger charge is -2.29. The number of piperidine rings is 1. The molecule has 2 fully saturated rings. The fourth-order valence-electron chi connectivity index (χ4n) is 4.16. The highest BCUT2D eigenvalue weighted by molar-refractivity contribution is 5.66.